The molecule has 4 rings (SSSR count). The molecule has 0 atom stereocenters. The van der Waals surface area contributed by atoms with Gasteiger partial charge in [-0.3, -0.25) is 4.79 Å². The Kier molecular flexibility index (Phi) is 7.64. The molecule has 0 saturated heterocycles. The van der Waals surface area contributed by atoms with E-state index in [9.17, 15) is 9.18 Å². The number of likely N-dealkylation sites (N-methyl/N-ethyl adjacent to an activating group) is 1. The molecule has 10 heteroatoms. The second kappa shape index (κ2) is 10.8. The van der Waals surface area contributed by atoms with Crippen molar-refractivity contribution in [2.45, 2.75) is 37.8 Å². The van der Waals surface area contributed by atoms with Crippen LogP contribution in [0.2, 0.25) is 5.02 Å². The fourth-order valence-corrected chi connectivity index (χ4v) is 4.20. The lowest BCUT2D eigenvalue weighted by molar-refractivity contribution is -0.119. The number of amides is 1. The predicted octanol–water partition coefficient (Wildman–Crippen LogP) is 4.20. The van der Waals surface area contributed by atoms with Crippen LogP contribution in [0.4, 0.5) is 15.9 Å². The van der Waals surface area contributed by atoms with Crippen molar-refractivity contribution in [3.8, 4) is 11.5 Å². The molecule has 34 heavy (non-hydrogen) atoms. The zero-order valence-corrected chi connectivity index (χ0v) is 19.8. The number of fused-ring (bicyclic) bond motifs is 1. The van der Waals surface area contributed by atoms with Gasteiger partial charge in [0.05, 0.1) is 30.3 Å². The Bertz CT molecular complexity index is 1170. The SMILES string of the molecule is CNC(=O)CNC1CCC(Oc2cc3c(Nc4ccc(F)c(Cl)c4)ncnc3cc2OC)CC1. The van der Waals surface area contributed by atoms with Crippen LogP contribution in [0, 0.1) is 5.82 Å². The van der Waals surface area contributed by atoms with E-state index < -0.39 is 5.82 Å². The number of carbonyl (C=O) groups is 1. The second-order valence-corrected chi connectivity index (χ2v) is 8.55. The number of halogens is 2. The van der Waals surface area contributed by atoms with Crippen molar-refractivity contribution in [3.63, 3.8) is 0 Å². The average molecular weight is 488 g/mol. The minimum atomic E-state index is -0.487. The molecule has 1 saturated carbocycles. The highest BCUT2D eigenvalue weighted by Crippen LogP contribution is 2.37. The van der Waals surface area contributed by atoms with Gasteiger partial charge >= 0.3 is 0 Å². The predicted molar refractivity (Wildman–Crippen MR) is 130 cm³/mol. The maximum Gasteiger partial charge on any atom is 0.233 e. The standard InChI is InChI=1S/C24H27ClFN5O3/c1-27-23(32)12-28-14-3-6-16(7-4-14)34-22-10-17-20(11-21(22)33-2)29-13-30-24(17)31-15-5-8-19(26)18(25)9-15/h5,8-11,13-14,16,28H,3-4,6-7,12H2,1-2H3,(H,27,32)(H,29,30,31). The number of aromatic nitrogens is 2. The van der Waals surface area contributed by atoms with Crippen LogP contribution >= 0.6 is 11.6 Å². The molecule has 3 N–H and O–H groups in total. The molecular formula is C24H27ClFN5O3. The summed E-state index contributed by atoms with van der Waals surface area (Å²) < 4.78 is 25.4. The highest BCUT2D eigenvalue weighted by Gasteiger charge is 2.24. The first kappa shape index (κ1) is 24.0. The fourth-order valence-electron chi connectivity index (χ4n) is 4.02. The van der Waals surface area contributed by atoms with Gasteiger partial charge in [-0.15, -0.1) is 0 Å². The molecule has 1 fully saturated rings. The Morgan fingerprint density at radius 2 is 1.94 bits per heavy atom. The molecular weight excluding hydrogens is 461 g/mol. The number of nitrogens with one attached hydrogen (secondary N) is 3. The van der Waals surface area contributed by atoms with Crippen LogP contribution in [0.3, 0.4) is 0 Å². The van der Waals surface area contributed by atoms with Gasteiger partial charge in [-0.05, 0) is 49.9 Å². The summed E-state index contributed by atoms with van der Waals surface area (Å²) in [5, 5.41) is 9.85. The quantitative estimate of drug-likeness (QED) is 0.438. The Morgan fingerprint density at radius 3 is 2.65 bits per heavy atom. The molecule has 1 aromatic heterocycles. The lowest BCUT2D eigenvalue weighted by Gasteiger charge is -2.30. The number of methoxy groups -OCH3 is 1. The van der Waals surface area contributed by atoms with Gasteiger partial charge in [0.2, 0.25) is 5.91 Å². The number of ether oxygens (including phenoxy) is 2. The highest BCUT2D eigenvalue weighted by atomic mass is 35.5. The number of hydrogen-bond donors (Lipinski definition) is 3. The number of nitrogens with zero attached hydrogens (tertiary/aromatic N) is 2. The van der Waals surface area contributed by atoms with Crippen molar-refractivity contribution >= 4 is 39.9 Å². The lowest BCUT2D eigenvalue weighted by Crippen LogP contribution is -2.41. The summed E-state index contributed by atoms with van der Waals surface area (Å²) >= 11 is 5.92. The first-order valence-electron chi connectivity index (χ1n) is 11.1. The van der Waals surface area contributed by atoms with Crippen LogP contribution in [-0.4, -0.2) is 48.7 Å². The van der Waals surface area contributed by atoms with Gasteiger partial charge < -0.3 is 25.4 Å². The summed E-state index contributed by atoms with van der Waals surface area (Å²) in [5.41, 5.74) is 1.28. The van der Waals surface area contributed by atoms with Gasteiger partial charge in [-0.2, -0.15) is 0 Å². The van der Waals surface area contributed by atoms with Gasteiger partial charge in [0.25, 0.3) is 0 Å². The van der Waals surface area contributed by atoms with E-state index in [2.05, 4.69) is 25.9 Å². The van der Waals surface area contributed by atoms with Gasteiger partial charge in [0, 0.05) is 30.2 Å². The third-order valence-electron chi connectivity index (χ3n) is 5.90. The maximum absolute atomic E-state index is 13.5. The molecule has 3 aromatic rings. The maximum atomic E-state index is 13.5. The van der Waals surface area contributed by atoms with Crippen LogP contribution in [-0.2, 0) is 4.79 Å². The largest absolute Gasteiger partial charge is 0.493 e. The number of benzene rings is 2. The van der Waals surface area contributed by atoms with Crippen molar-refractivity contribution in [2.24, 2.45) is 0 Å². The molecule has 1 aliphatic rings. The van der Waals surface area contributed by atoms with Crippen LogP contribution in [0.5, 0.6) is 11.5 Å². The molecule has 0 bridgehead atoms. The topological polar surface area (TPSA) is 97.4 Å². The monoisotopic (exact) mass is 487 g/mol. The van der Waals surface area contributed by atoms with Gasteiger partial charge in [0.1, 0.15) is 18.0 Å². The number of hydrogen-bond acceptors (Lipinski definition) is 7. The molecule has 2 aromatic carbocycles. The summed E-state index contributed by atoms with van der Waals surface area (Å²) in [5.74, 6) is 1.23. The molecule has 0 spiro atoms. The first-order chi connectivity index (χ1) is 16.5. The van der Waals surface area contributed by atoms with Crippen molar-refractivity contribution in [1.29, 1.82) is 0 Å². The van der Waals surface area contributed by atoms with E-state index in [1.54, 1.807) is 20.2 Å². The minimum absolute atomic E-state index is 0.0196. The molecule has 1 aliphatic carbocycles. The molecule has 1 amide bonds. The second-order valence-electron chi connectivity index (χ2n) is 8.14. The van der Waals surface area contributed by atoms with Crippen LogP contribution < -0.4 is 25.4 Å². The molecule has 0 aliphatic heterocycles. The van der Waals surface area contributed by atoms with Crippen molar-refractivity contribution in [3.05, 3.63) is 47.5 Å². The third-order valence-corrected chi connectivity index (χ3v) is 6.19. The van der Waals surface area contributed by atoms with Crippen molar-refractivity contribution in [2.75, 3.05) is 26.0 Å². The smallest absolute Gasteiger partial charge is 0.233 e. The van der Waals surface area contributed by atoms with E-state index in [4.69, 9.17) is 21.1 Å². The Balaban J connectivity index is 1.50. The first-order valence-corrected chi connectivity index (χ1v) is 11.5. The zero-order chi connectivity index (χ0) is 24.1. The molecule has 0 unspecified atom stereocenters. The van der Waals surface area contributed by atoms with E-state index in [1.165, 1.54) is 18.5 Å². The van der Waals surface area contributed by atoms with Crippen molar-refractivity contribution in [1.82, 2.24) is 20.6 Å². The third kappa shape index (κ3) is 5.66. The van der Waals surface area contributed by atoms with Crippen LogP contribution in [0.25, 0.3) is 10.9 Å². The molecule has 1 heterocycles. The number of anilines is 2. The van der Waals surface area contributed by atoms with E-state index in [-0.39, 0.29) is 17.0 Å². The van der Waals surface area contributed by atoms with Crippen LogP contribution in [0.1, 0.15) is 25.7 Å². The number of carbonyl (C=O) groups excluding carboxylic acids is 1. The van der Waals surface area contributed by atoms with Crippen molar-refractivity contribution < 1.29 is 18.7 Å². The summed E-state index contributed by atoms with van der Waals surface area (Å²) in [4.78, 5) is 20.2. The molecule has 8 nitrogen and oxygen atoms in total. The fraction of sp³-hybridized carbons (Fsp3) is 0.375. The van der Waals surface area contributed by atoms with Crippen LogP contribution in [0.15, 0.2) is 36.7 Å². The van der Waals surface area contributed by atoms with E-state index >= 15 is 0 Å². The Labute approximate surface area is 202 Å². The number of rotatable bonds is 8. The zero-order valence-electron chi connectivity index (χ0n) is 19.0. The van der Waals surface area contributed by atoms with E-state index in [1.807, 2.05) is 12.1 Å². The minimum Gasteiger partial charge on any atom is -0.493 e. The summed E-state index contributed by atoms with van der Waals surface area (Å²) in [7, 11) is 3.22. The van der Waals surface area contributed by atoms with E-state index in [0.29, 0.717) is 41.1 Å². The van der Waals surface area contributed by atoms with Gasteiger partial charge in [-0.25, -0.2) is 14.4 Å². The summed E-state index contributed by atoms with van der Waals surface area (Å²) in [6.45, 7) is 0.320. The molecule has 180 valence electrons. The van der Waals surface area contributed by atoms with Gasteiger partial charge in [0.15, 0.2) is 11.5 Å². The normalized spacial score (nSPS) is 17.9. The highest BCUT2D eigenvalue weighted by molar-refractivity contribution is 6.31. The lowest BCUT2D eigenvalue weighted by atomic mass is 9.93. The molecule has 0 radical (unpaired) electrons. The Morgan fingerprint density at radius 1 is 1.15 bits per heavy atom. The average Bonchev–Trinajstić information content (AvgIpc) is 2.85. The van der Waals surface area contributed by atoms with Gasteiger partial charge in [-0.1, -0.05) is 11.6 Å². The summed E-state index contributed by atoms with van der Waals surface area (Å²) in [6.07, 6.45) is 5.02. The Hall–Kier alpha value is -3.17. The van der Waals surface area contributed by atoms with E-state index in [0.717, 1.165) is 31.1 Å². The summed E-state index contributed by atoms with van der Waals surface area (Å²) in [6, 6.07) is 8.35.